The van der Waals surface area contributed by atoms with Crippen molar-refractivity contribution in [3.63, 3.8) is 0 Å². The van der Waals surface area contributed by atoms with Gasteiger partial charge in [0.2, 0.25) is 0 Å². The Balaban J connectivity index is 0.000000284. The van der Waals surface area contributed by atoms with E-state index in [1.807, 2.05) is 24.5 Å². The zero-order valence-corrected chi connectivity index (χ0v) is 34.1. The monoisotopic (exact) mass is 849 g/mol. The fraction of sp³-hybridized carbons (Fsp3) is 0.455. The molecule has 3 nitrogen and oxygen atoms in total. The van der Waals surface area contributed by atoms with Crippen molar-refractivity contribution in [2.24, 2.45) is 0 Å². The van der Waals surface area contributed by atoms with Crippen LogP contribution in [-0.2, 0) is 41.1 Å². The molecule has 2 aliphatic rings. The number of nitrogens with zero attached hydrogens (tertiary/aromatic N) is 2. The SMILES string of the molecule is CC(=O)/C=C(/C)[N-]C1CCCCC1.CC(C)(C)c1cc(-c2nccc3c2sc2cc4c(cc23)C(C)(C)CCC4(C)C)[c-]c2ccccc12.[Ir]. The van der Waals surface area contributed by atoms with Crippen molar-refractivity contribution in [1.82, 2.24) is 4.98 Å². The first-order valence-corrected chi connectivity index (χ1v) is 18.7. The van der Waals surface area contributed by atoms with Gasteiger partial charge in [-0.25, -0.2) is 0 Å². The second-order valence-electron chi connectivity index (χ2n) is 16.5. The Morgan fingerprint density at radius 2 is 1.55 bits per heavy atom. The van der Waals surface area contributed by atoms with E-state index in [0.717, 1.165) is 22.3 Å². The second-order valence-corrected chi connectivity index (χ2v) is 17.6. The smallest absolute Gasteiger partial charge is 0.151 e. The number of allylic oxidation sites excluding steroid dienone is 2. The number of hydrogen-bond acceptors (Lipinski definition) is 3. The summed E-state index contributed by atoms with van der Waals surface area (Å²) in [6.07, 6.45) is 12.4. The number of ketones is 1. The number of carbonyl (C=O) groups is 1. The van der Waals surface area contributed by atoms with Crippen molar-refractivity contribution in [1.29, 1.82) is 0 Å². The number of thiophene rings is 1. The third-order valence-electron chi connectivity index (χ3n) is 10.6. The first kappa shape index (κ1) is 37.4. The largest absolute Gasteiger partial charge is 0.685 e. The summed E-state index contributed by atoms with van der Waals surface area (Å²) in [4.78, 5) is 15.7. The average molecular weight is 849 g/mol. The fourth-order valence-corrected chi connectivity index (χ4v) is 8.99. The van der Waals surface area contributed by atoms with Gasteiger partial charge in [-0.3, -0.25) is 9.78 Å². The summed E-state index contributed by atoms with van der Waals surface area (Å²) in [5, 5.41) is 9.65. The van der Waals surface area contributed by atoms with Crippen molar-refractivity contribution in [2.45, 2.75) is 130 Å². The fourth-order valence-electron chi connectivity index (χ4n) is 7.76. The summed E-state index contributed by atoms with van der Waals surface area (Å²) in [5.41, 5.74) is 7.88. The first-order valence-electron chi connectivity index (χ1n) is 17.9. The van der Waals surface area contributed by atoms with Gasteiger partial charge >= 0.3 is 0 Å². The van der Waals surface area contributed by atoms with E-state index in [9.17, 15) is 4.79 Å². The molecule has 0 aliphatic heterocycles. The molecular formula is C44H52IrN2OS-2. The maximum atomic E-state index is 10.8. The van der Waals surface area contributed by atoms with Crippen LogP contribution in [0.2, 0.25) is 0 Å². The number of benzene rings is 3. The standard InChI is InChI=1S/C33H34NS.C11H19NO.Ir/c1-31(2,3)25-17-21(16-20-10-8-9-11-22(20)25)29-30-23(12-15-34-29)24-18-26-27(19-28(24)35-30)33(6,7)14-13-32(26,4)5;1-9(8-10(2)13)12-11-6-4-3-5-7-11;/h8-12,15,17-19H,13-14H2,1-7H3;8,11H,3-7H2,1-2H3,(H,12,13);/q-1;;/p-1. The minimum Gasteiger partial charge on any atom is -0.685 e. The average Bonchev–Trinajstić information content (AvgIpc) is 3.40. The molecule has 0 spiro atoms. The Morgan fingerprint density at radius 1 is 0.898 bits per heavy atom. The minimum absolute atomic E-state index is 0. The third-order valence-corrected chi connectivity index (χ3v) is 11.7. The van der Waals surface area contributed by atoms with E-state index in [1.165, 1.54) is 87.2 Å². The van der Waals surface area contributed by atoms with Gasteiger partial charge in [-0.15, -0.1) is 46.5 Å². The molecule has 0 unspecified atom stereocenters. The molecule has 49 heavy (non-hydrogen) atoms. The number of hydrogen-bond donors (Lipinski definition) is 0. The summed E-state index contributed by atoms with van der Waals surface area (Å²) in [6.45, 7) is 20.0. The van der Waals surface area contributed by atoms with Gasteiger partial charge in [0.05, 0.1) is 0 Å². The van der Waals surface area contributed by atoms with Gasteiger partial charge in [0.1, 0.15) is 0 Å². The molecule has 1 saturated carbocycles. The Kier molecular flexibility index (Phi) is 11.0. The van der Waals surface area contributed by atoms with Gasteiger partial charge < -0.3 is 5.32 Å². The van der Waals surface area contributed by atoms with Crippen molar-refractivity contribution in [3.05, 3.63) is 94.6 Å². The van der Waals surface area contributed by atoms with E-state index >= 15 is 0 Å². The predicted octanol–water partition coefficient (Wildman–Crippen LogP) is 12.9. The molecule has 0 atom stereocenters. The summed E-state index contributed by atoms with van der Waals surface area (Å²) in [5.74, 6) is 0.0945. The number of carbonyl (C=O) groups excluding carboxylic acids is 1. The zero-order valence-electron chi connectivity index (χ0n) is 30.8. The number of pyridine rings is 1. The molecule has 0 saturated heterocycles. The van der Waals surface area contributed by atoms with Crippen LogP contribution in [0.3, 0.4) is 0 Å². The normalized spacial score (nSPS) is 17.6. The van der Waals surface area contributed by atoms with Gasteiger partial charge in [0.15, 0.2) is 5.78 Å². The molecular weight excluding hydrogens is 797 g/mol. The van der Waals surface area contributed by atoms with Crippen molar-refractivity contribution < 1.29 is 24.9 Å². The molecule has 7 rings (SSSR count). The Bertz CT molecular complexity index is 2020. The van der Waals surface area contributed by atoms with Crippen molar-refractivity contribution in [2.75, 3.05) is 0 Å². The zero-order chi connectivity index (χ0) is 34.4. The molecule has 5 aromatic rings. The minimum atomic E-state index is 0. The van der Waals surface area contributed by atoms with E-state index in [0.29, 0.717) is 6.04 Å². The molecule has 2 aromatic heterocycles. The maximum Gasteiger partial charge on any atom is 0.151 e. The molecule has 1 radical (unpaired) electrons. The molecule has 0 N–H and O–H groups in total. The van der Waals surface area contributed by atoms with Crippen LogP contribution in [-0.4, -0.2) is 16.8 Å². The summed E-state index contributed by atoms with van der Waals surface area (Å²) in [6, 6.07) is 22.3. The van der Waals surface area contributed by atoms with Gasteiger partial charge in [-0.2, -0.15) is 5.70 Å². The van der Waals surface area contributed by atoms with Crippen molar-refractivity contribution in [3.8, 4) is 11.3 Å². The second kappa shape index (κ2) is 14.4. The van der Waals surface area contributed by atoms with Crippen molar-refractivity contribution >= 4 is 48.1 Å². The molecule has 2 heterocycles. The third kappa shape index (κ3) is 7.90. The van der Waals surface area contributed by atoms with Gasteiger partial charge in [0, 0.05) is 46.8 Å². The van der Waals surface area contributed by atoms with Crippen LogP contribution < -0.4 is 0 Å². The van der Waals surface area contributed by atoms with Crippen LogP contribution in [0.1, 0.15) is 124 Å². The molecule has 261 valence electrons. The molecule has 3 aromatic carbocycles. The van der Waals surface area contributed by atoms with E-state index in [2.05, 4.69) is 108 Å². The van der Waals surface area contributed by atoms with Crippen LogP contribution in [0.15, 0.2) is 66.5 Å². The molecule has 1 fully saturated rings. The van der Waals surface area contributed by atoms with Crippen LogP contribution in [0, 0.1) is 6.07 Å². The number of aromatic nitrogens is 1. The van der Waals surface area contributed by atoms with E-state index in [-0.39, 0.29) is 42.1 Å². The van der Waals surface area contributed by atoms with Crippen LogP contribution >= 0.6 is 11.3 Å². The number of fused-ring (bicyclic) bond motifs is 5. The maximum absolute atomic E-state index is 10.8. The number of rotatable bonds is 4. The Labute approximate surface area is 311 Å². The first-order chi connectivity index (χ1) is 22.6. The molecule has 0 amide bonds. The van der Waals surface area contributed by atoms with Gasteiger partial charge in [-0.1, -0.05) is 117 Å². The van der Waals surface area contributed by atoms with Crippen LogP contribution in [0.5, 0.6) is 0 Å². The summed E-state index contributed by atoms with van der Waals surface area (Å²) >= 11 is 1.89. The topological polar surface area (TPSA) is 44.1 Å². The molecule has 2 aliphatic carbocycles. The van der Waals surface area contributed by atoms with Gasteiger partial charge in [0.25, 0.3) is 0 Å². The Hall–Kier alpha value is -2.85. The summed E-state index contributed by atoms with van der Waals surface area (Å²) < 4.78 is 2.64. The predicted molar refractivity (Wildman–Crippen MR) is 208 cm³/mol. The van der Waals surface area contributed by atoms with E-state index in [1.54, 1.807) is 13.0 Å². The molecule has 0 bridgehead atoms. The van der Waals surface area contributed by atoms with Crippen LogP contribution in [0.4, 0.5) is 0 Å². The van der Waals surface area contributed by atoms with Gasteiger partial charge in [-0.05, 0) is 76.8 Å². The summed E-state index contributed by atoms with van der Waals surface area (Å²) in [7, 11) is 0. The quantitative estimate of drug-likeness (QED) is 0.134. The Morgan fingerprint density at radius 3 is 2.20 bits per heavy atom. The van der Waals surface area contributed by atoms with E-state index in [4.69, 9.17) is 4.98 Å². The van der Waals surface area contributed by atoms with E-state index < -0.39 is 0 Å². The van der Waals surface area contributed by atoms with Crippen LogP contribution in [0.25, 0.3) is 47.5 Å². The molecule has 5 heteroatoms.